The van der Waals surface area contributed by atoms with E-state index in [4.69, 9.17) is 0 Å². The number of aromatic nitrogens is 3. The van der Waals surface area contributed by atoms with E-state index in [2.05, 4.69) is 23.1 Å². The molecule has 0 radical (unpaired) electrons. The minimum atomic E-state index is -0.848. The normalized spacial score (nSPS) is 24.6. The zero-order valence-electron chi connectivity index (χ0n) is 17.5. The molecule has 2 aliphatic rings. The molecular formula is C25H25F2N3O. The summed E-state index contributed by atoms with van der Waals surface area (Å²) >= 11 is 0. The molecule has 1 saturated carbocycles. The second-order valence-electron chi connectivity index (χ2n) is 8.72. The van der Waals surface area contributed by atoms with Crippen LogP contribution < -0.4 is 0 Å². The maximum Gasteiger partial charge on any atom is 0.141 e. The molecule has 0 saturated heterocycles. The molecule has 2 aromatic heterocycles. The first-order chi connectivity index (χ1) is 14.9. The molecule has 31 heavy (non-hydrogen) atoms. The molecule has 4 nitrogen and oxygen atoms in total. The van der Waals surface area contributed by atoms with E-state index in [1.165, 1.54) is 30.0 Å². The van der Waals surface area contributed by atoms with Crippen LogP contribution in [-0.4, -0.2) is 25.5 Å². The SMILES string of the molecule is CC[C@]12Cc3cnn(-c4ccc(F)cc4)c3C=C1CC[C@@]2(O)CCc1ccc(F)cn1. The topological polar surface area (TPSA) is 50.9 Å². The van der Waals surface area contributed by atoms with E-state index in [0.29, 0.717) is 19.3 Å². The number of nitrogens with zero attached hydrogens (tertiary/aromatic N) is 3. The summed E-state index contributed by atoms with van der Waals surface area (Å²) in [5.41, 5.74) is 3.78. The number of aliphatic hydroxyl groups is 1. The Labute approximate surface area is 180 Å². The smallest absolute Gasteiger partial charge is 0.141 e. The third-order valence-electron chi connectivity index (χ3n) is 7.26. The Balaban J connectivity index is 1.46. The van der Waals surface area contributed by atoms with E-state index in [-0.39, 0.29) is 17.0 Å². The number of hydrogen-bond acceptors (Lipinski definition) is 3. The Morgan fingerprint density at radius 1 is 1.06 bits per heavy atom. The molecule has 160 valence electrons. The fraction of sp³-hybridized carbons (Fsp3) is 0.360. The van der Waals surface area contributed by atoms with E-state index in [1.54, 1.807) is 18.2 Å². The lowest BCUT2D eigenvalue weighted by atomic mass is 9.63. The molecule has 5 rings (SSSR count). The van der Waals surface area contributed by atoms with Crippen molar-refractivity contribution in [1.82, 2.24) is 14.8 Å². The third kappa shape index (κ3) is 3.21. The Kier molecular flexibility index (Phi) is 4.77. The van der Waals surface area contributed by atoms with Gasteiger partial charge in [0.25, 0.3) is 0 Å². The molecule has 1 N–H and O–H groups in total. The molecule has 2 aliphatic carbocycles. The number of hydrogen-bond donors (Lipinski definition) is 1. The van der Waals surface area contributed by atoms with Gasteiger partial charge in [-0.3, -0.25) is 4.98 Å². The monoisotopic (exact) mass is 421 g/mol. The fourth-order valence-corrected chi connectivity index (χ4v) is 5.50. The summed E-state index contributed by atoms with van der Waals surface area (Å²) in [5.74, 6) is -0.624. The van der Waals surface area contributed by atoms with Crippen molar-refractivity contribution >= 4 is 6.08 Å². The summed E-state index contributed by atoms with van der Waals surface area (Å²) in [6, 6.07) is 9.43. The molecule has 3 aromatic rings. The van der Waals surface area contributed by atoms with Crippen LogP contribution in [-0.2, 0) is 12.8 Å². The van der Waals surface area contributed by atoms with Crippen molar-refractivity contribution in [1.29, 1.82) is 0 Å². The summed E-state index contributed by atoms with van der Waals surface area (Å²) in [7, 11) is 0. The predicted octanol–water partition coefficient (Wildman–Crippen LogP) is 5.04. The minimum Gasteiger partial charge on any atom is -0.389 e. The van der Waals surface area contributed by atoms with Crippen LogP contribution in [0, 0.1) is 17.0 Å². The lowest BCUT2D eigenvalue weighted by Gasteiger charge is -2.45. The highest BCUT2D eigenvalue weighted by Crippen LogP contribution is 2.58. The Bertz CT molecular complexity index is 1140. The van der Waals surface area contributed by atoms with Gasteiger partial charge in [0.2, 0.25) is 0 Å². The van der Waals surface area contributed by atoms with Crippen molar-refractivity contribution in [2.75, 3.05) is 0 Å². The third-order valence-corrected chi connectivity index (χ3v) is 7.26. The van der Waals surface area contributed by atoms with Gasteiger partial charge in [0.15, 0.2) is 0 Å². The molecule has 0 spiro atoms. The van der Waals surface area contributed by atoms with Crippen molar-refractivity contribution in [2.45, 2.75) is 51.0 Å². The summed E-state index contributed by atoms with van der Waals surface area (Å²) in [6.07, 6.45) is 9.53. The first-order valence-electron chi connectivity index (χ1n) is 10.8. The first kappa shape index (κ1) is 20.1. The van der Waals surface area contributed by atoms with E-state index < -0.39 is 5.60 Å². The second-order valence-corrected chi connectivity index (χ2v) is 8.72. The van der Waals surface area contributed by atoms with Gasteiger partial charge < -0.3 is 5.11 Å². The molecule has 0 unspecified atom stereocenters. The number of halogens is 2. The molecule has 0 aliphatic heterocycles. The van der Waals surface area contributed by atoms with E-state index in [0.717, 1.165) is 41.9 Å². The van der Waals surface area contributed by atoms with E-state index in [1.807, 2.05) is 10.9 Å². The standard InChI is InChI=1S/C25H25F2N3O/c1-2-24-14-17-15-29-30(22-7-4-19(26)5-8-22)23(17)13-18(24)9-11-25(24,31)12-10-21-6-3-20(27)16-28-21/h3-8,13,15-16,31H,2,9-12,14H2,1H3/t24-,25+/m0/s1. The molecular weight excluding hydrogens is 396 g/mol. The van der Waals surface area contributed by atoms with Crippen molar-refractivity contribution in [3.05, 3.63) is 83.0 Å². The fourth-order valence-electron chi connectivity index (χ4n) is 5.50. The highest BCUT2D eigenvalue weighted by molar-refractivity contribution is 5.63. The van der Waals surface area contributed by atoms with Crippen molar-refractivity contribution in [3.63, 3.8) is 0 Å². The van der Waals surface area contributed by atoms with Gasteiger partial charge >= 0.3 is 0 Å². The lowest BCUT2D eigenvalue weighted by Crippen LogP contribution is -2.47. The highest BCUT2D eigenvalue weighted by Gasteiger charge is 2.56. The zero-order valence-corrected chi connectivity index (χ0v) is 17.5. The number of pyridine rings is 1. The number of fused-ring (bicyclic) bond motifs is 2. The second kappa shape index (κ2) is 7.38. The average molecular weight is 421 g/mol. The summed E-state index contributed by atoms with van der Waals surface area (Å²) in [5, 5.41) is 16.4. The largest absolute Gasteiger partial charge is 0.389 e. The molecule has 2 atom stereocenters. The summed E-state index contributed by atoms with van der Waals surface area (Å²) < 4.78 is 28.4. The van der Waals surface area contributed by atoms with Crippen LogP contribution in [0.5, 0.6) is 0 Å². The van der Waals surface area contributed by atoms with Crippen molar-refractivity contribution < 1.29 is 13.9 Å². The first-order valence-corrected chi connectivity index (χ1v) is 10.8. The van der Waals surface area contributed by atoms with Crippen LogP contribution >= 0.6 is 0 Å². The molecule has 0 amide bonds. The van der Waals surface area contributed by atoms with Gasteiger partial charge in [-0.25, -0.2) is 13.5 Å². The number of rotatable bonds is 5. The van der Waals surface area contributed by atoms with Gasteiger partial charge in [0.1, 0.15) is 11.6 Å². The predicted molar refractivity (Wildman–Crippen MR) is 115 cm³/mol. The molecule has 2 heterocycles. The molecule has 1 fully saturated rings. The Morgan fingerprint density at radius 2 is 1.84 bits per heavy atom. The highest BCUT2D eigenvalue weighted by atomic mass is 19.1. The van der Waals surface area contributed by atoms with Gasteiger partial charge in [0, 0.05) is 11.1 Å². The van der Waals surface area contributed by atoms with Gasteiger partial charge in [-0.1, -0.05) is 12.5 Å². The van der Waals surface area contributed by atoms with E-state index in [9.17, 15) is 13.9 Å². The summed E-state index contributed by atoms with van der Waals surface area (Å²) in [6.45, 7) is 2.13. The summed E-state index contributed by atoms with van der Waals surface area (Å²) in [4.78, 5) is 4.16. The maximum absolute atomic E-state index is 13.3. The van der Waals surface area contributed by atoms with Gasteiger partial charge in [-0.15, -0.1) is 0 Å². The van der Waals surface area contributed by atoms with Gasteiger partial charge in [0.05, 0.1) is 29.4 Å². The average Bonchev–Trinajstić information content (AvgIpc) is 3.31. The quantitative estimate of drug-likeness (QED) is 0.628. The molecule has 0 bridgehead atoms. The van der Waals surface area contributed by atoms with Crippen LogP contribution in [0.2, 0.25) is 0 Å². The van der Waals surface area contributed by atoms with Crippen LogP contribution in [0.3, 0.4) is 0 Å². The van der Waals surface area contributed by atoms with Crippen LogP contribution in [0.15, 0.2) is 54.4 Å². The van der Waals surface area contributed by atoms with Crippen LogP contribution in [0.1, 0.15) is 49.6 Å². The Morgan fingerprint density at radius 3 is 2.55 bits per heavy atom. The van der Waals surface area contributed by atoms with Gasteiger partial charge in [-0.05, 0) is 86.6 Å². The maximum atomic E-state index is 13.3. The zero-order chi connectivity index (χ0) is 21.6. The van der Waals surface area contributed by atoms with Crippen LogP contribution in [0.25, 0.3) is 11.8 Å². The van der Waals surface area contributed by atoms with Crippen LogP contribution in [0.4, 0.5) is 8.78 Å². The number of benzene rings is 1. The Hall–Kier alpha value is -2.86. The molecule has 1 aromatic carbocycles. The van der Waals surface area contributed by atoms with Crippen molar-refractivity contribution in [2.24, 2.45) is 5.41 Å². The lowest BCUT2D eigenvalue weighted by molar-refractivity contribution is -0.0570. The van der Waals surface area contributed by atoms with E-state index >= 15 is 0 Å². The number of aryl methyl sites for hydroxylation is 1. The minimum absolute atomic E-state index is 0.273. The van der Waals surface area contributed by atoms with Gasteiger partial charge in [-0.2, -0.15) is 5.10 Å². The van der Waals surface area contributed by atoms with Crippen molar-refractivity contribution in [3.8, 4) is 5.69 Å². The molecule has 6 heteroatoms.